The maximum Gasteiger partial charge on any atom is 0.224 e. The van der Waals surface area contributed by atoms with E-state index < -0.39 is 0 Å². The van der Waals surface area contributed by atoms with Crippen LogP contribution in [0.2, 0.25) is 0 Å². The predicted octanol–water partition coefficient (Wildman–Crippen LogP) is 4.75. The van der Waals surface area contributed by atoms with E-state index >= 15 is 0 Å². The summed E-state index contributed by atoms with van der Waals surface area (Å²) in [5.41, 5.74) is 4.61. The molecule has 0 atom stereocenters. The number of rotatable bonds is 7. The molecule has 0 aliphatic carbocycles. The molecule has 4 nitrogen and oxygen atoms in total. The molecule has 3 aromatic rings. The van der Waals surface area contributed by atoms with E-state index in [0.29, 0.717) is 5.95 Å². The van der Waals surface area contributed by atoms with E-state index in [4.69, 9.17) is 0 Å². The Kier molecular flexibility index (Phi) is 5.62. The molecule has 2 N–H and O–H groups in total. The molecule has 0 aliphatic heterocycles. The first-order valence-electron chi connectivity index (χ1n) is 8.73. The largest absolute Gasteiger partial charge is 0.354 e. The molecule has 1 aromatic heterocycles. The van der Waals surface area contributed by atoms with Crippen LogP contribution in [0.25, 0.3) is 0 Å². The molecule has 1 heterocycles. The number of nitrogens with zero attached hydrogens (tertiary/aromatic N) is 2. The van der Waals surface area contributed by atoms with Gasteiger partial charge in [0.2, 0.25) is 5.95 Å². The van der Waals surface area contributed by atoms with Crippen molar-refractivity contribution in [2.24, 2.45) is 0 Å². The maximum absolute atomic E-state index is 4.60. The van der Waals surface area contributed by atoms with Gasteiger partial charge in [0.15, 0.2) is 0 Å². The Labute approximate surface area is 149 Å². The Bertz CT molecular complexity index is 815. The second kappa shape index (κ2) is 8.29. The highest BCUT2D eigenvalue weighted by molar-refractivity contribution is 5.61. The van der Waals surface area contributed by atoms with Crippen LogP contribution in [0.1, 0.15) is 23.7 Å². The van der Waals surface area contributed by atoms with E-state index in [0.717, 1.165) is 36.6 Å². The molecule has 0 spiro atoms. The molecule has 0 radical (unpaired) electrons. The van der Waals surface area contributed by atoms with E-state index in [1.807, 2.05) is 25.1 Å². The van der Waals surface area contributed by atoms with E-state index in [1.165, 1.54) is 11.1 Å². The molecule has 25 heavy (non-hydrogen) atoms. The van der Waals surface area contributed by atoms with Gasteiger partial charge in [-0.2, -0.15) is 4.98 Å². The normalized spacial score (nSPS) is 10.5. The minimum atomic E-state index is 0.660. The number of aryl methyl sites for hydroxylation is 2. The number of hydrogen-bond donors (Lipinski definition) is 2. The third-order valence-electron chi connectivity index (χ3n) is 4.05. The first-order chi connectivity index (χ1) is 12.2. The summed E-state index contributed by atoms with van der Waals surface area (Å²) in [6, 6.07) is 20.7. The molecule has 0 fully saturated rings. The highest BCUT2D eigenvalue weighted by Crippen LogP contribution is 2.21. The van der Waals surface area contributed by atoms with Gasteiger partial charge in [-0.15, -0.1) is 0 Å². The van der Waals surface area contributed by atoms with Crippen molar-refractivity contribution in [3.05, 3.63) is 77.5 Å². The number of hydrogen-bond acceptors (Lipinski definition) is 4. The van der Waals surface area contributed by atoms with Gasteiger partial charge in [0.25, 0.3) is 0 Å². The number of anilines is 3. The number of benzene rings is 2. The average molecular weight is 332 g/mol. The Morgan fingerprint density at radius 2 is 1.68 bits per heavy atom. The van der Waals surface area contributed by atoms with Crippen LogP contribution in [-0.4, -0.2) is 16.5 Å². The van der Waals surface area contributed by atoms with Crippen molar-refractivity contribution < 1.29 is 0 Å². The highest BCUT2D eigenvalue weighted by Gasteiger charge is 2.05. The lowest BCUT2D eigenvalue weighted by atomic mass is 10.1. The van der Waals surface area contributed by atoms with Crippen molar-refractivity contribution in [3.8, 4) is 0 Å². The monoisotopic (exact) mass is 332 g/mol. The number of nitrogens with one attached hydrogen (secondary N) is 2. The third-order valence-corrected chi connectivity index (χ3v) is 4.05. The Morgan fingerprint density at radius 1 is 0.920 bits per heavy atom. The molecule has 2 aromatic carbocycles. The summed E-state index contributed by atoms with van der Waals surface area (Å²) in [6.07, 6.45) is 1.93. The van der Waals surface area contributed by atoms with Gasteiger partial charge < -0.3 is 10.6 Å². The van der Waals surface area contributed by atoms with Gasteiger partial charge in [-0.3, -0.25) is 0 Å². The fourth-order valence-corrected chi connectivity index (χ4v) is 2.76. The molecule has 4 heteroatoms. The Hall–Kier alpha value is -2.88. The van der Waals surface area contributed by atoms with Gasteiger partial charge in [-0.05, 0) is 37.0 Å². The molecular formula is C21H24N4. The minimum absolute atomic E-state index is 0.660. The first-order valence-corrected chi connectivity index (χ1v) is 8.73. The van der Waals surface area contributed by atoms with Crippen molar-refractivity contribution in [1.82, 2.24) is 9.97 Å². The van der Waals surface area contributed by atoms with Gasteiger partial charge in [0.05, 0.1) is 0 Å². The second-order valence-corrected chi connectivity index (χ2v) is 6.02. The molecule has 0 amide bonds. The quantitative estimate of drug-likeness (QED) is 0.656. The summed E-state index contributed by atoms with van der Waals surface area (Å²) in [5.74, 6) is 1.48. The summed E-state index contributed by atoms with van der Waals surface area (Å²) in [7, 11) is 0. The summed E-state index contributed by atoms with van der Waals surface area (Å²) in [4.78, 5) is 9.09. The average Bonchev–Trinajstić information content (AvgIpc) is 2.63. The number of para-hydroxylation sites is 1. The van der Waals surface area contributed by atoms with E-state index in [-0.39, 0.29) is 0 Å². The molecule has 0 saturated carbocycles. The van der Waals surface area contributed by atoms with Crippen molar-refractivity contribution in [3.63, 3.8) is 0 Å². The van der Waals surface area contributed by atoms with Crippen LogP contribution in [0.15, 0.2) is 60.7 Å². The minimum Gasteiger partial charge on any atom is -0.354 e. The summed E-state index contributed by atoms with van der Waals surface area (Å²) in [5, 5.41) is 6.75. The van der Waals surface area contributed by atoms with Crippen LogP contribution < -0.4 is 10.6 Å². The van der Waals surface area contributed by atoms with Gasteiger partial charge in [0.1, 0.15) is 5.82 Å². The zero-order chi connectivity index (χ0) is 17.5. The van der Waals surface area contributed by atoms with Crippen LogP contribution in [0, 0.1) is 6.92 Å². The van der Waals surface area contributed by atoms with E-state index in [2.05, 4.69) is 70.0 Å². The molecule has 128 valence electrons. The zero-order valence-corrected chi connectivity index (χ0v) is 14.8. The lowest BCUT2D eigenvalue weighted by Gasteiger charge is -2.12. The molecule has 0 unspecified atom stereocenters. The molecule has 0 bridgehead atoms. The van der Waals surface area contributed by atoms with Crippen LogP contribution in [0.4, 0.5) is 17.5 Å². The Balaban J connectivity index is 1.68. The lowest BCUT2D eigenvalue weighted by Crippen LogP contribution is -2.09. The topological polar surface area (TPSA) is 49.8 Å². The van der Waals surface area contributed by atoms with Crippen molar-refractivity contribution in [2.75, 3.05) is 17.2 Å². The second-order valence-electron chi connectivity index (χ2n) is 6.02. The van der Waals surface area contributed by atoms with Gasteiger partial charge >= 0.3 is 0 Å². The maximum atomic E-state index is 4.60. The van der Waals surface area contributed by atoms with Gasteiger partial charge in [-0.1, -0.05) is 55.5 Å². The van der Waals surface area contributed by atoms with Crippen LogP contribution in [0.5, 0.6) is 0 Å². The highest BCUT2D eigenvalue weighted by atomic mass is 15.1. The van der Waals surface area contributed by atoms with Crippen molar-refractivity contribution in [2.45, 2.75) is 26.7 Å². The van der Waals surface area contributed by atoms with Crippen molar-refractivity contribution in [1.29, 1.82) is 0 Å². The van der Waals surface area contributed by atoms with E-state index in [9.17, 15) is 0 Å². The summed E-state index contributed by atoms with van der Waals surface area (Å²) in [6.45, 7) is 4.95. The predicted molar refractivity (Wildman–Crippen MR) is 105 cm³/mol. The fraction of sp³-hybridized carbons (Fsp3) is 0.238. The van der Waals surface area contributed by atoms with E-state index in [1.54, 1.807) is 0 Å². The summed E-state index contributed by atoms with van der Waals surface area (Å²) < 4.78 is 0. The van der Waals surface area contributed by atoms with Gasteiger partial charge in [0, 0.05) is 24.0 Å². The molecular weight excluding hydrogens is 308 g/mol. The molecule has 0 saturated heterocycles. The van der Waals surface area contributed by atoms with Crippen LogP contribution in [0.3, 0.4) is 0 Å². The van der Waals surface area contributed by atoms with Crippen LogP contribution >= 0.6 is 0 Å². The summed E-state index contributed by atoms with van der Waals surface area (Å²) >= 11 is 0. The molecule has 3 rings (SSSR count). The van der Waals surface area contributed by atoms with Crippen LogP contribution in [-0.2, 0) is 12.8 Å². The lowest BCUT2D eigenvalue weighted by molar-refractivity contribution is 0.975. The first kappa shape index (κ1) is 17.0. The zero-order valence-electron chi connectivity index (χ0n) is 14.8. The third kappa shape index (κ3) is 4.80. The smallest absolute Gasteiger partial charge is 0.224 e. The fourth-order valence-electron chi connectivity index (χ4n) is 2.76. The number of aromatic nitrogens is 2. The molecule has 0 aliphatic rings. The Morgan fingerprint density at radius 3 is 2.48 bits per heavy atom. The van der Waals surface area contributed by atoms with Gasteiger partial charge in [-0.25, -0.2) is 4.98 Å². The standard InChI is InChI=1S/C21H24N4/c1-3-18-11-7-8-12-19(18)24-20-15-16(2)23-21(25-20)22-14-13-17-9-5-4-6-10-17/h4-12,15H,3,13-14H2,1-2H3,(H2,22,23,24,25). The van der Waals surface area contributed by atoms with Crippen molar-refractivity contribution >= 4 is 17.5 Å². The SMILES string of the molecule is CCc1ccccc1Nc1cc(C)nc(NCCc2ccccc2)n1.